The van der Waals surface area contributed by atoms with Crippen molar-refractivity contribution in [1.29, 1.82) is 0 Å². The van der Waals surface area contributed by atoms with E-state index in [1.165, 1.54) is 31.9 Å². The van der Waals surface area contributed by atoms with Crippen molar-refractivity contribution in [3.05, 3.63) is 23.6 Å². The molecule has 2 aliphatic carbocycles. The van der Waals surface area contributed by atoms with Gasteiger partial charge in [0.05, 0.1) is 6.20 Å². The Morgan fingerprint density at radius 1 is 1.35 bits per heavy atom. The second-order valence-corrected chi connectivity index (χ2v) is 6.48. The monoisotopic (exact) mass is 277 g/mol. The maximum atomic E-state index is 13.5. The lowest BCUT2D eigenvalue weighted by Crippen LogP contribution is -2.35. The molecule has 1 N–H and O–H groups in total. The minimum absolute atomic E-state index is 0.239. The summed E-state index contributed by atoms with van der Waals surface area (Å²) < 4.78 is 13.5. The fourth-order valence-corrected chi connectivity index (χ4v) is 2.52. The second-order valence-electron chi connectivity index (χ2n) is 6.48. The van der Waals surface area contributed by atoms with Gasteiger partial charge in [-0.1, -0.05) is 0 Å². The molecule has 2 aliphatic rings. The number of aromatic nitrogens is 1. The third-order valence-corrected chi connectivity index (χ3v) is 4.12. The number of nitrogens with one attached hydrogen (secondary N) is 1. The molecule has 0 spiro atoms. The van der Waals surface area contributed by atoms with Crippen molar-refractivity contribution in [2.45, 2.75) is 58.2 Å². The Labute approximate surface area is 120 Å². The van der Waals surface area contributed by atoms with Gasteiger partial charge in [0.1, 0.15) is 11.6 Å². The first-order valence-corrected chi connectivity index (χ1v) is 7.78. The fraction of sp³-hybridized carbons (Fsp3) is 0.688. The Morgan fingerprint density at radius 2 is 2.10 bits per heavy atom. The van der Waals surface area contributed by atoms with Gasteiger partial charge in [0.2, 0.25) is 0 Å². The van der Waals surface area contributed by atoms with Gasteiger partial charge >= 0.3 is 0 Å². The van der Waals surface area contributed by atoms with Crippen molar-refractivity contribution >= 4 is 5.82 Å². The molecular formula is C16H24FN3. The van der Waals surface area contributed by atoms with Crippen LogP contribution in [0.25, 0.3) is 0 Å². The topological polar surface area (TPSA) is 28.2 Å². The van der Waals surface area contributed by atoms with Crippen molar-refractivity contribution < 1.29 is 4.39 Å². The highest BCUT2D eigenvalue weighted by Gasteiger charge is 2.28. The lowest BCUT2D eigenvalue weighted by atomic mass is 10.2. The third kappa shape index (κ3) is 3.48. The minimum Gasteiger partial charge on any atom is -0.354 e. The zero-order valence-electron chi connectivity index (χ0n) is 12.4. The summed E-state index contributed by atoms with van der Waals surface area (Å²) in [5.41, 5.74) is 0.992. The molecule has 0 aliphatic heterocycles. The number of rotatable bonds is 7. The van der Waals surface area contributed by atoms with E-state index in [0.717, 1.165) is 30.4 Å². The van der Waals surface area contributed by atoms with Crippen molar-refractivity contribution in [2.24, 2.45) is 5.92 Å². The molecule has 1 aromatic heterocycles. The number of nitrogens with zero attached hydrogens (tertiary/aromatic N) is 2. The number of anilines is 1. The Hall–Kier alpha value is -1.16. The second kappa shape index (κ2) is 5.68. The molecular weight excluding hydrogens is 253 g/mol. The summed E-state index contributed by atoms with van der Waals surface area (Å²) in [7, 11) is 0. The maximum Gasteiger partial charge on any atom is 0.141 e. The van der Waals surface area contributed by atoms with Gasteiger partial charge in [-0.15, -0.1) is 0 Å². The fourth-order valence-electron chi connectivity index (χ4n) is 2.52. The van der Waals surface area contributed by atoms with Crippen LogP contribution in [0.1, 0.15) is 45.1 Å². The van der Waals surface area contributed by atoms with Crippen LogP contribution in [0.15, 0.2) is 12.3 Å². The van der Waals surface area contributed by atoms with Crippen LogP contribution in [0.3, 0.4) is 0 Å². The molecule has 110 valence electrons. The quantitative estimate of drug-likeness (QED) is 0.830. The summed E-state index contributed by atoms with van der Waals surface area (Å²) in [5.74, 6) is 1.52. The summed E-state index contributed by atoms with van der Waals surface area (Å²) in [6, 6.07) is 2.66. The Morgan fingerprint density at radius 3 is 2.70 bits per heavy atom. The lowest BCUT2D eigenvalue weighted by molar-refractivity contribution is 0.596. The molecule has 3 rings (SSSR count). The third-order valence-electron chi connectivity index (χ3n) is 4.12. The van der Waals surface area contributed by atoms with Crippen molar-refractivity contribution in [3.8, 4) is 0 Å². The molecule has 0 unspecified atom stereocenters. The highest BCUT2D eigenvalue weighted by Crippen LogP contribution is 2.33. The Kier molecular flexibility index (Phi) is 3.92. The van der Waals surface area contributed by atoms with E-state index < -0.39 is 0 Å². The first kappa shape index (κ1) is 13.8. The summed E-state index contributed by atoms with van der Waals surface area (Å²) in [6.07, 6.45) is 6.47. The summed E-state index contributed by atoms with van der Waals surface area (Å²) >= 11 is 0. The summed E-state index contributed by atoms with van der Waals surface area (Å²) in [6.45, 7) is 6.14. The van der Waals surface area contributed by atoms with Gasteiger partial charge in [-0.05, 0) is 51.5 Å². The van der Waals surface area contributed by atoms with Gasteiger partial charge in [-0.2, -0.15) is 0 Å². The van der Waals surface area contributed by atoms with Crippen LogP contribution in [-0.4, -0.2) is 23.6 Å². The number of hydrogen-bond acceptors (Lipinski definition) is 3. The number of halogens is 1. The van der Waals surface area contributed by atoms with E-state index in [4.69, 9.17) is 0 Å². The Balaban J connectivity index is 1.79. The predicted molar refractivity (Wildman–Crippen MR) is 79.3 cm³/mol. The molecule has 4 heteroatoms. The standard InChI is InChI=1S/C16H24FN3/c1-11(2)20(10-12-3-4-12)16-13(7-14(17)9-19-16)8-18-15-5-6-15/h7,9,11-12,15,18H,3-6,8,10H2,1-2H3. The first-order chi connectivity index (χ1) is 9.63. The summed E-state index contributed by atoms with van der Waals surface area (Å²) in [5, 5.41) is 3.47. The molecule has 20 heavy (non-hydrogen) atoms. The van der Waals surface area contributed by atoms with Crippen LogP contribution >= 0.6 is 0 Å². The van der Waals surface area contributed by atoms with E-state index in [-0.39, 0.29) is 5.82 Å². The van der Waals surface area contributed by atoms with Crippen molar-refractivity contribution in [3.63, 3.8) is 0 Å². The van der Waals surface area contributed by atoms with Crippen LogP contribution in [-0.2, 0) is 6.54 Å². The van der Waals surface area contributed by atoms with Crippen LogP contribution < -0.4 is 10.2 Å². The van der Waals surface area contributed by atoms with Gasteiger partial charge in [-0.25, -0.2) is 9.37 Å². The van der Waals surface area contributed by atoms with E-state index in [1.54, 1.807) is 6.07 Å². The van der Waals surface area contributed by atoms with Gasteiger partial charge in [0.25, 0.3) is 0 Å². The molecule has 0 aromatic carbocycles. The Bertz CT molecular complexity index is 467. The molecule has 2 fully saturated rings. The van der Waals surface area contributed by atoms with Crippen LogP contribution in [0, 0.1) is 11.7 Å². The van der Waals surface area contributed by atoms with E-state index in [9.17, 15) is 4.39 Å². The lowest BCUT2D eigenvalue weighted by Gasteiger charge is -2.30. The van der Waals surface area contributed by atoms with E-state index in [2.05, 4.69) is 29.0 Å². The SMILES string of the molecule is CC(C)N(CC1CC1)c1ncc(F)cc1CNC1CC1. The minimum atomic E-state index is -0.239. The first-order valence-electron chi connectivity index (χ1n) is 7.78. The molecule has 0 saturated heterocycles. The van der Waals surface area contributed by atoms with Crippen LogP contribution in [0.5, 0.6) is 0 Å². The van der Waals surface area contributed by atoms with E-state index in [0.29, 0.717) is 12.1 Å². The van der Waals surface area contributed by atoms with Crippen molar-refractivity contribution in [1.82, 2.24) is 10.3 Å². The molecule has 0 bridgehead atoms. The highest BCUT2D eigenvalue weighted by molar-refractivity contribution is 5.48. The molecule has 3 nitrogen and oxygen atoms in total. The average molecular weight is 277 g/mol. The van der Waals surface area contributed by atoms with E-state index >= 15 is 0 Å². The van der Waals surface area contributed by atoms with Crippen molar-refractivity contribution in [2.75, 3.05) is 11.4 Å². The smallest absolute Gasteiger partial charge is 0.141 e. The van der Waals surface area contributed by atoms with Crippen LogP contribution in [0.4, 0.5) is 10.2 Å². The number of hydrogen-bond donors (Lipinski definition) is 1. The normalized spacial score (nSPS) is 18.6. The molecule has 1 heterocycles. The predicted octanol–water partition coefficient (Wildman–Crippen LogP) is 3.10. The van der Waals surface area contributed by atoms with Gasteiger partial charge < -0.3 is 10.2 Å². The van der Waals surface area contributed by atoms with Crippen LogP contribution in [0.2, 0.25) is 0 Å². The van der Waals surface area contributed by atoms with E-state index in [1.807, 2.05) is 0 Å². The van der Waals surface area contributed by atoms with Gasteiger partial charge in [0.15, 0.2) is 0 Å². The molecule has 1 aromatic rings. The molecule has 0 amide bonds. The molecule has 0 radical (unpaired) electrons. The molecule has 2 saturated carbocycles. The zero-order valence-corrected chi connectivity index (χ0v) is 12.4. The molecule has 0 atom stereocenters. The largest absolute Gasteiger partial charge is 0.354 e. The summed E-state index contributed by atoms with van der Waals surface area (Å²) in [4.78, 5) is 6.72. The highest BCUT2D eigenvalue weighted by atomic mass is 19.1. The average Bonchev–Trinajstić information content (AvgIpc) is 3.28. The number of pyridine rings is 1. The zero-order chi connectivity index (χ0) is 14.1. The maximum absolute atomic E-state index is 13.5. The van der Waals surface area contributed by atoms with Gasteiger partial charge in [0, 0.05) is 30.7 Å². The van der Waals surface area contributed by atoms with Gasteiger partial charge in [-0.3, -0.25) is 0 Å².